The van der Waals surface area contributed by atoms with Crippen LogP contribution in [0.2, 0.25) is 0 Å². The Morgan fingerprint density at radius 2 is 1.76 bits per heavy atom. The second-order valence-corrected chi connectivity index (χ2v) is 6.23. The van der Waals surface area contributed by atoms with E-state index >= 15 is 0 Å². The number of hydrogen-bond acceptors (Lipinski definition) is 3. The standard InChI is InChI=1S/C12H15Br2NO2/c1-12(2,11(16)17-3)10(15)7-4-8(13)6-9(14)5-7/h4-6,10H,15H2,1-3H3/t10-/m1/s1. The summed E-state index contributed by atoms with van der Waals surface area (Å²) in [6.45, 7) is 3.55. The van der Waals surface area contributed by atoms with E-state index in [9.17, 15) is 4.79 Å². The SMILES string of the molecule is COC(=O)C(C)(C)[C@H](N)c1cc(Br)cc(Br)c1. The van der Waals surface area contributed by atoms with Gasteiger partial charge in [-0.15, -0.1) is 0 Å². The third kappa shape index (κ3) is 3.30. The van der Waals surface area contributed by atoms with Gasteiger partial charge in [-0.2, -0.15) is 0 Å². The molecule has 0 fully saturated rings. The summed E-state index contributed by atoms with van der Waals surface area (Å²) in [5.74, 6) is -0.318. The van der Waals surface area contributed by atoms with E-state index in [1.165, 1.54) is 7.11 Å². The monoisotopic (exact) mass is 363 g/mol. The van der Waals surface area contributed by atoms with Gasteiger partial charge in [0.2, 0.25) is 0 Å². The number of nitrogens with two attached hydrogens (primary N) is 1. The number of ether oxygens (including phenoxy) is 1. The highest BCUT2D eigenvalue weighted by atomic mass is 79.9. The maximum atomic E-state index is 11.7. The summed E-state index contributed by atoms with van der Waals surface area (Å²) in [5.41, 5.74) is 6.25. The first-order chi connectivity index (χ1) is 7.78. The fourth-order valence-corrected chi connectivity index (χ4v) is 2.89. The number of carbonyl (C=O) groups excluding carboxylic acids is 1. The average Bonchev–Trinajstić information content (AvgIpc) is 2.25. The van der Waals surface area contributed by atoms with Gasteiger partial charge in [0.05, 0.1) is 12.5 Å². The molecule has 94 valence electrons. The molecule has 0 spiro atoms. The molecule has 5 heteroatoms. The molecule has 1 aromatic rings. The first-order valence-electron chi connectivity index (χ1n) is 5.09. The third-order valence-corrected chi connectivity index (χ3v) is 3.65. The Balaban J connectivity index is 3.11. The van der Waals surface area contributed by atoms with Gasteiger partial charge in [-0.1, -0.05) is 31.9 Å². The molecule has 0 radical (unpaired) electrons. The highest BCUT2D eigenvalue weighted by molar-refractivity contribution is 9.11. The number of hydrogen-bond donors (Lipinski definition) is 1. The maximum Gasteiger partial charge on any atom is 0.313 e. The lowest BCUT2D eigenvalue weighted by atomic mass is 9.81. The molecule has 1 atom stereocenters. The molecule has 17 heavy (non-hydrogen) atoms. The van der Waals surface area contributed by atoms with Gasteiger partial charge in [0.25, 0.3) is 0 Å². The van der Waals surface area contributed by atoms with Gasteiger partial charge in [0.1, 0.15) is 0 Å². The molecule has 0 heterocycles. The van der Waals surface area contributed by atoms with Gasteiger partial charge >= 0.3 is 5.97 Å². The molecule has 0 aliphatic rings. The Morgan fingerprint density at radius 3 is 2.18 bits per heavy atom. The number of carbonyl (C=O) groups is 1. The Hall–Kier alpha value is -0.390. The predicted molar refractivity (Wildman–Crippen MR) is 74.6 cm³/mol. The molecule has 0 aromatic heterocycles. The van der Waals surface area contributed by atoms with Crippen LogP contribution < -0.4 is 5.73 Å². The Bertz CT molecular complexity index is 412. The van der Waals surface area contributed by atoms with Gasteiger partial charge < -0.3 is 10.5 Å². The summed E-state index contributed by atoms with van der Waals surface area (Å²) < 4.78 is 6.61. The van der Waals surface area contributed by atoms with E-state index in [1.807, 2.05) is 18.2 Å². The minimum Gasteiger partial charge on any atom is -0.469 e. The van der Waals surface area contributed by atoms with E-state index in [-0.39, 0.29) is 5.97 Å². The van der Waals surface area contributed by atoms with Crippen molar-refractivity contribution < 1.29 is 9.53 Å². The van der Waals surface area contributed by atoms with Crippen LogP contribution in [0.15, 0.2) is 27.1 Å². The minimum absolute atomic E-state index is 0.318. The quantitative estimate of drug-likeness (QED) is 0.836. The van der Waals surface area contributed by atoms with Gasteiger partial charge in [-0.05, 0) is 37.6 Å². The molecular weight excluding hydrogens is 350 g/mol. The van der Waals surface area contributed by atoms with Crippen LogP contribution in [0.25, 0.3) is 0 Å². The molecule has 0 aliphatic heterocycles. The van der Waals surface area contributed by atoms with Gasteiger partial charge in [-0.25, -0.2) is 0 Å². The van der Waals surface area contributed by atoms with Crippen molar-refractivity contribution in [1.82, 2.24) is 0 Å². The lowest BCUT2D eigenvalue weighted by molar-refractivity contribution is -0.152. The van der Waals surface area contributed by atoms with Crippen molar-refractivity contribution in [1.29, 1.82) is 0 Å². The lowest BCUT2D eigenvalue weighted by Crippen LogP contribution is -2.37. The summed E-state index contributed by atoms with van der Waals surface area (Å²) in [6.07, 6.45) is 0. The van der Waals surface area contributed by atoms with E-state index in [1.54, 1.807) is 13.8 Å². The highest BCUT2D eigenvalue weighted by Gasteiger charge is 2.36. The van der Waals surface area contributed by atoms with Crippen LogP contribution in [0.1, 0.15) is 25.5 Å². The summed E-state index contributed by atoms with van der Waals surface area (Å²) >= 11 is 6.80. The minimum atomic E-state index is -0.769. The van der Waals surface area contributed by atoms with Crippen molar-refractivity contribution in [3.8, 4) is 0 Å². The van der Waals surface area contributed by atoms with Crippen molar-refractivity contribution in [3.63, 3.8) is 0 Å². The maximum absolute atomic E-state index is 11.7. The van der Waals surface area contributed by atoms with Gasteiger partial charge in [0.15, 0.2) is 0 Å². The molecule has 1 rings (SSSR count). The van der Waals surface area contributed by atoms with Crippen LogP contribution in [0.5, 0.6) is 0 Å². The first-order valence-corrected chi connectivity index (χ1v) is 6.67. The number of methoxy groups -OCH3 is 1. The van der Waals surface area contributed by atoms with Crippen LogP contribution in [-0.2, 0) is 9.53 Å². The Labute approximate surface area is 118 Å². The van der Waals surface area contributed by atoms with Crippen LogP contribution in [0.3, 0.4) is 0 Å². The largest absolute Gasteiger partial charge is 0.469 e. The van der Waals surface area contributed by atoms with E-state index in [2.05, 4.69) is 31.9 Å². The van der Waals surface area contributed by atoms with Crippen molar-refractivity contribution in [2.75, 3.05) is 7.11 Å². The van der Waals surface area contributed by atoms with Gasteiger partial charge in [-0.3, -0.25) is 4.79 Å². The zero-order valence-electron chi connectivity index (χ0n) is 9.96. The van der Waals surface area contributed by atoms with E-state index < -0.39 is 11.5 Å². The van der Waals surface area contributed by atoms with Crippen molar-refractivity contribution >= 4 is 37.8 Å². The summed E-state index contributed by atoms with van der Waals surface area (Å²) in [5, 5.41) is 0. The molecule has 0 unspecified atom stereocenters. The topological polar surface area (TPSA) is 52.3 Å². The van der Waals surface area contributed by atoms with E-state index in [0.29, 0.717) is 0 Å². The van der Waals surface area contributed by atoms with Crippen molar-refractivity contribution in [2.24, 2.45) is 11.1 Å². The molecule has 0 bridgehead atoms. The third-order valence-electron chi connectivity index (χ3n) is 2.73. The lowest BCUT2D eigenvalue weighted by Gasteiger charge is -2.29. The van der Waals surface area contributed by atoms with Crippen LogP contribution in [0, 0.1) is 5.41 Å². The number of benzene rings is 1. The smallest absolute Gasteiger partial charge is 0.313 e. The normalized spacial score (nSPS) is 13.3. The zero-order valence-corrected chi connectivity index (χ0v) is 13.1. The fraction of sp³-hybridized carbons (Fsp3) is 0.417. The number of halogens is 2. The predicted octanol–water partition coefficient (Wildman–Crippen LogP) is 3.41. The Kier molecular flexibility index (Phi) is 4.75. The summed E-state index contributed by atoms with van der Waals surface area (Å²) in [4.78, 5) is 11.7. The molecule has 2 N–H and O–H groups in total. The van der Waals surface area contributed by atoms with Crippen molar-refractivity contribution in [2.45, 2.75) is 19.9 Å². The van der Waals surface area contributed by atoms with Crippen LogP contribution in [-0.4, -0.2) is 13.1 Å². The van der Waals surface area contributed by atoms with E-state index in [4.69, 9.17) is 10.5 Å². The number of rotatable bonds is 3. The van der Waals surface area contributed by atoms with Crippen molar-refractivity contribution in [3.05, 3.63) is 32.7 Å². The second kappa shape index (κ2) is 5.50. The molecule has 0 saturated heterocycles. The highest BCUT2D eigenvalue weighted by Crippen LogP contribution is 2.34. The van der Waals surface area contributed by atoms with Gasteiger partial charge in [0, 0.05) is 15.0 Å². The average molecular weight is 365 g/mol. The zero-order chi connectivity index (χ0) is 13.2. The Morgan fingerprint density at radius 1 is 1.29 bits per heavy atom. The summed E-state index contributed by atoms with van der Waals surface area (Å²) in [6, 6.07) is 5.30. The first kappa shape index (κ1) is 14.7. The molecular formula is C12H15Br2NO2. The summed E-state index contributed by atoms with van der Waals surface area (Å²) in [7, 11) is 1.37. The fourth-order valence-electron chi connectivity index (χ4n) is 1.56. The van der Waals surface area contributed by atoms with E-state index in [0.717, 1.165) is 14.5 Å². The van der Waals surface area contributed by atoms with Crippen LogP contribution >= 0.6 is 31.9 Å². The molecule has 3 nitrogen and oxygen atoms in total. The van der Waals surface area contributed by atoms with Crippen LogP contribution in [0.4, 0.5) is 0 Å². The molecule has 0 aliphatic carbocycles. The second-order valence-electron chi connectivity index (χ2n) is 4.39. The molecule has 0 saturated carbocycles. The number of esters is 1. The molecule has 0 amide bonds. The molecule has 1 aromatic carbocycles.